The number of nitro groups is 1. The Morgan fingerprint density at radius 2 is 2.37 bits per heavy atom. The molecular weight excluding hydrogens is 266 g/mol. The quantitative estimate of drug-likeness (QED) is 0.649. The van der Waals surface area contributed by atoms with Crippen LogP contribution in [0.3, 0.4) is 0 Å². The molecule has 2 aromatic rings. The van der Waals surface area contributed by atoms with E-state index in [9.17, 15) is 10.1 Å². The van der Waals surface area contributed by atoms with E-state index in [1.807, 2.05) is 24.3 Å². The van der Waals surface area contributed by atoms with Gasteiger partial charge in [-0.15, -0.1) is 0 Å². The molecule has 1 aromatic carbocycles. The molecule has 0 aliphatic carbocycles. The van der Waals surface area contributed by atoms with Crippen molar-refractivity contribution in [3.63, 3.8) is 0 Å². The first-order valence-electron chi connectivity index (χ1n) is 5.66. The molecule has 2 rings (SSSR count). The number of nitrogens with zero attached hydrogens (tertiary/aromatic N) is 2. The molecule has 1 aromatic heterocycles. The summed E-state index contributed by atoms with van der Waals surface area (Å²) in [7, 11) is 1.63. The Bertz CT molecular complexity index is 571. The van der Waals surface area contributed by atoms with Crippen LogP contribution in [0, 0.1) is 10.1 Å². The molecule has 0 aliphatic rings. The highest BCUT2D eigenvalue weighted by Gasteiger charge is 2.10. The van der Waals surface area contributed by atoms with Crippen molar-refractivity contribution in [2.75, 3.05) is 19.0 Å². The third-order valence-electron chi connectivity index (χ3n) is 2.50. The number of nitrogens with one attached hydrogen (secondary N) is 1. The summed E-state index contributed by atoms with van der Waals surface area (Å²) in [5.41, 5.74) is 1.14. The maximum atomic E-state index is 10.5. The summed E-state index contributed by atoms with van der Waals surface area (Å²) >= 11 is 1.04. The van der Waals surface area contributed by atoms with Crippen molar-refractivity contribution in [1.82, 2.24) is 4.98 Å². The Hall–Kier alpha value is -2.15. The van der Waals surface area contributed by atoms with E-state index >= 15 is 0 Å². The molecule has 0 fully saturated rings. The number of ether oxygens (including phenoxy) is 1. The molecule has 0 bridgehead atoms. The molecule has 19 heavy (non-hydrogen) atoms. The summed E-state index contributed by atoms with van der Waals surface area (Å²) in [6.45, 7) is 0.665. The Morgan fingerprint density at radius 3 is 3.05 bits per heavy atom. The van der Waals surface area contributed by atoms with Crippen molar-refractivity contribution in [3.05, 3.63) is 46.1 Å². The van der Waals surface area contributed by atoms with E-state index < -0.39 is 4.92 Å². The van der Waals surface area contributed by atoms with Gasteiger partial charge in [-0.3, -0.25) is 10.1 Å². The van der Waals surface area contributed by atoms with Gasteiger partial charge in [0.15, 0.2) is 5.13 Å². The van der Waals surface area contributed by atoms with Crippen LogP contribution in [0.15, 0.2) is 30.5 Å². The molecule has 7 heteroatoms. The van der Waals surface area contributed by atoms with Gasteiger partial charge in [0.05, 0.1) is 12.0 Å². The zero-order valence-electron chi connectivity index (χ0n) is 10.3. The summed E-state index contributed by atoms with van der Waals surface area (Å²) in [6.07, 6.45) is 2.06. The van der Waals surface area contributed by atoms with Crippen LogP contribution in [0.4, 0.5) is 10.1 Å². The van der Waals surface area contributed by atoms with Crippen LogP contribution in [0.25, 0.3) is 0 Å². The number of anilines is 1. The summed E-state index contributed by atoms with van der Waals surface area (Å²) in [5, 5.41) is 14.2. The normalized spacial score (nSPS) is 10.2. The Balaban J connectivity index is 1.86. The molecular formula is C12H13N3O3S. The first kappa shape index (κ1) is 13.3. The lowest BCUT2D eigenvalue weighted by Gasteiger charge is -2.05. The zero-order valence-corrected chi connectivity index (χ0v) is 11.1. The average molecular weight is 279 g/mol. The number of hydrogen-bond acceptors (Lipinski definition) is 6. The van der Waals surface area contributed by atoms with E-state index in [0.29, 0.717) is 11.7 Å². The minimum absolute atomic E-state index is 0.0453. The third kappa shape index (κ3) is 3.65. The highest BCUT2D eigenvalue weighted by molar-refractivity contribution is 7.18. The fourth-order valence-corrected chi connectivity index (χ4v) is 2.23. The number of aromatic nitrogens is 1. The van der Waals surface area contributed by atoms with E-state index in [4.69, 9.17) is 4.74 Å². The summed E-state index contributed by atoms with van der Waals surface area (Å²) < 4.78 is 5.14. The second-order valence-corrected chi connectivity index (χ2v) is 4.80. The molecule has 1 N–H and O–H groups in total. The second-order valence-electron chi connectivity index (χ2n) is 3.79. The van der Waals surface area contributed by atoms with Gasteiger partial charge in [0.1, 0.15) is 11.9 Å². The van der Waals surface area contributed by atoms with E-state index in [1.54, 1.807) is 7.11 Å². The van der Waals surface area contributed by atoms with Gasteiger partial charge < -0.3 is 10.1 Å². The van der Waals surface area contributed by atoms with Gasteiger partial charge in [-0.25, -0.2) is 4.98 Å². The second kappa shape index (κ2) is 6.14. The van der Waals surface area contributed by atoms with E-state index in [1.165, 1.54) is 6.20 Å². The smallest absolute Gasteiger partial charge is 0.345 e. The van der Waals surface area contributed by atoms with E-state index in [2.05, 4.69) is 10.3 Å². The van der Waals surface area contributed by atoms with Crippen LogP contribution in [0.1, 0.15) is 5.56 Å². The fourth-order valence-electron chi connectivity index (χ4n) is 1.57. The lowest BCUT2D eigenvalue weighted by atomic mass is 10.1. The summed E-state index contributed by atoms with van der Waals surface area (Å²) in [5.74, 6) is 0.822. The first-order valence-corrected chi connectivity index (χ1v) is 6.47. The molecule has 6 nitrogen and oxygen atoms in total. The minimum Gasteiger partial charge on any atom is -0.497 e. The fraction of sp³-hybridized carbons (Fsp3) is 0.250. The van der Waals surface area contributed by atoms with Crippen LogP contribution in [0.5, 0.6) is 5.75 Å². The van der Waals surface area contributed by atoms with Gasteiger partial charge >= 0.3 is 5.00 Å². The minimum atomic E-state index is -0.440. The summed E-state index contributed by atoms with van der Waals surface area (Å²) in [4.78, 5) is 14.0. The number of thiazole rings is 1. The van der Waals surface area contributed by atoms with Gasteiger partial charge in [-0.1, -0.05) is 12.1 Å². The van der Waals surface area contributed by atoms with Crippen molar-refractivity contribution < 1.29 is 9.66 Å². The average Bonchev–Trinajstić information content (AvgIpc) is 2.88. The third-order valence-corrected chi connectivity index (χ3v) is 3.40. The standard InChI is InChI=1S/C12H13N3O3S/c1-18-10-4-2-3-9(7-10)5-6-13-12-14-8-11(19-12)15(16)17/h2-4,7-8H,5-6H2,1H3,(H,13,14). The van der Waals surface area contributed by atoms with E-state index in [0.717, 1.165) is 29.1 Å². The first-order chi connectivity index (χ1) is 9.19. The van der Waals surface area contributed by atoms with Gasteiger partial charge in [0.2, 0.25) is 0 Å². The predicted octanol–water partition coefficient (Wildman–Crippen LogP) is 2.71. The summed E-state index contributed by atoms with van der Waals surface area (Å²) in [6, 6.07) is 7.80. The highest BCUT2D eigenvalue weighted by Crippen LogP contribution is 2.24. The Labute approximate surface area is 114 Å². The van der Waals surface area contributed by atoms with Crippen molar-refractivity contribution in [2.45, 2.75) is 6.42 Å². The van der Waals surface area contributed by atoms with Crippen molar-refractivity contribution in [3.8, 4) is 5.75 Å². The SMILES string of the molecule is COc1cccc(CCNc2ncc([N+](=O)[O-])s2)c1. The van der Waals surface area contributed by atoms with Crippen LogP contribution < -0.4 is 10.1 Å². The van der Waals surface area contributed by atoms with Crippen molar-refractivity contribution >= 4 is 21.5 Å². The van der Waals surface area contributed by atoms with Crippen LogP contribution >= 0.6 is 11.3 Å². The van der Waals surface area contributed by atoms with Gasteiger partial charge in [0, 0.05) is 6.54 Å². The van der Waals surface area contributed by atoms with Crippen molar-refractivity contribution in [2.24, 2.45) is 0 Å². The Kier molecular flexibility index (Phi) is 4.30. The number of methoxy groups -OCH3 is 1. The topological polar surface area (TPSA) is 77.3 Å². The van der Waals surface area contributed by atoms with Crippen LogP contribution in [-0.2, 0) is 6.42 Å². The van der Waals surface area contributed by atoms with E-state index in [-0.39, 0.29) is 5.00 Å². The largest absolute Gasteiger partial charge is 0.497 e. The molecule has 0 radical (unpaired) electrons. The molecule has 0 saturated carbocycles. The predicted molar refractivity (Wildman–Crippen MR) is 74.0 cm³/mol. The highest BCUT2D eigenvalue weighted by atomic mass is 32.1. The molecule has 0 aliphatic heterocycles. The molecule has 1 heterocycles. The van der Waals surface area contributed by atoms with Crippen LogP contribution in [0.2, 0.25) is 0 Å². The number of benzene rings is 1. The number of rotatable bonds is 6. The van der Waals surface area contributed by atoms with Crippen molar-refractivity contribution in [1.29, 1.82) is 0 Å². The maximum absolute atomic E-state index is 10.5. The monoisotopic (exact) mass is 279 g/mol. The maximum Gasteiger partial charge on any atom is 0.345 e. The lowest BCUT2D eigenvalue weighted by Crippen LogP contribution is -2.04. The zero-order chi connectivity index (χ0) is 13.7. The molecule has 100 valence electrons. The molecule has 0 amide bonds. The van der Waals surface area contributed by atoms with Gasteiger partial charge in [-0.05, 0) is 35.5 Å². The van der Waals surface area contributed by atoms with Crippen LogP contribution in [-0.4, -0.2) is 23.6 Å². The lowest BCUT2D eigenvalue weighted by molar-refractivity contribution is -0.380. The molecule has 0 atom stereocenters. The molecule has 0 unspecified atom stereocenters. The number of hydrogen-bond donors (Lipinski definition) is 1. The van der Waals surface area contributed by atoms with Gasteiger partial charge in [0.25, 0.3) is 0 Å². The van der Waals surface area contributed by atoms with Gasteiger partial charge in [-0.2, -0.15) is 0 Å². The molecule has 0 spiro atoms. The molecule has 0 saturated heterocycles. The Morgan fingerprint density at radius 1 is 1.53 bits per heavy atom.